The van der Waals surface area contributed by atoms with Gasteiger partial charge in [-0.3, -0.25) is 19.8 Å². The van der Waals surface area contributed by atoms with Crippen molar-refractivity contribution in [2.75, 3.05) is 16.5 Å². The maximum absolute atomic E-state index is 12.3. The quantitative estimate of drug-likeness (QED) is 0.469. The van der Waals surface area contributed by atoms with Crippen molar-refractivity contribution in [2.45, 2.75) is 6.04 Å². The van der Waals surface area contributed by atoms with Crippen molar-refractivity contribution in [1.29, 1.82) is 0 Å². The minimum absolute atomic E-state index is 0.00244. The summed E-state index contributed by atoms with van der Waals surface area (Å²) in [7, 11) is 0. The number of nitro groups is 1. The molecule has 1 atom stereocenters. The van der Waals surface area contributed by atoms with Crippen LogP contribution in [-0.2, 0) is 4.79 Å². The van der Waals surface area contributed by atoms with Crippen molar-refractivity contribution in [2.24, 2.45) is 0 Å². The zero-order chi connectivity index (χ0) is 13.6. The Hall–Kier alpha value is -1.67. The van der Waals surface area contributed by atoms with Gasteiger partial charge in [0.05, 0.1) is 16.5 Å². The highest BCUT2D eigenvalue weighted by molar-refractivity contribution is 7.99. The van der Waals surface area contributed by atoms with Crippen LogP contribution in [0.15, 0.2) is 24.3 Å². The van der Waals surface area contributed by atoms with Gasteiger partial charge in [-0.15, -0.1) is 11.8 Å². The van der Waals surface area contributed by atoms with E-state index in [2.05, 4.69) is 0 Å². The first-order valence-corrected chi connectivity index (χ1v) is 7.12. The molecule has 1 unspecified atom stereocenters. The average molecular weight is 295 g/mol. The van der Waals surface area contributed by atoms with E-state index in [1.807, 2.05) is 4.90 Å². The second-order valence-electron chi connectivity index (χ2n) is 4.22. The molecule has 0 bridgehead atoms. The van der Waals surface area contributed by atoms with E-state index in [-0.39, 0.29) is 17.6 Å². The first kappa shape index (κ1) is 12.4. The Morgan fingerprint density at radius 1 is 1.37 bits per heavy atom. The summed E-state index contributed by atoms with van der Waals surface area (Å²) < 4.78 is 0. The lowest BCUT2D eigenvalue weighted by molar-refractivity contribution is -0.384. The molecule has 19 heavy (non-hydrogen) atoms. The number of carbonyl (C=O) groups excluding carboxylic acids is 1. The molecule has 2 aliphatic heterocycles. The van der Waals surface area contributed by atoms with Crippen molar-refractivity contribution in [3.05, 3.63) is 34.4 Å². The molecule has 0 aliphatic carbocycles. The number of hydrogen-bond acceptors (Lipinski definition) is 5. The number of thiocarbonyl (C=S) groups is 1. The van der Waals surface area contributed by atoms with Crippen LogP contribution in [0, 0.1) is 10.1 Å². The highest BCUT2D eigenvalue weighted by atomic mass is 32.2. The van der Waals surface area contributed by atoms with E-state index < -0.39 is 4.92 Å². The van der Waals surface area contributed by atoms with Crippen molar-refractivity contribution < 1.29 is 9.72 Å². The van der Waals surface area contributed by atoms with Gasteiger partial charge in [0, 0.05) is 17.9 Å². The number of anilines is 1. The fourth-order valence-corrected chi connectivity index (χ4v) is 3.79. The fraction of sp³-hybridized carbons (Fsp3) is 0.273. The third-order valence-corrected chi connectivity index (χ3v) is 4.57. The smallest absolute Gasteiger partial charge is 0.269 e. The SMILES string of the molecule is O=C1C2CSCN2C(=S)N1c1ccc([N+](=O)[O-])cc1. The molecule has 0 N–H and O–H groups in total. The first-order valence-electron chi connectivity index (χ1n) is 5.56. The summed E-state index contributed by atoms with van der Waals surface area (Å²) in [5.41, 5.74) is 0.581. The van der Waals surface area contributed by atoms with Gasteiger partial charge in [-0.05, 0) is 24.4 Å². The highest BCUT2D eigenvalue weighted by Crippen LogP contribution is 2.33. The van der Waals surface area contributed by atoms with Gasteiger partial charge in [-0.25, -0.2) is 0 Å². The van der Waals surface area contributed by atoms with E-state index in [0.717, 1.165) is 11.6 Å². The van der Waals surface area contributed by atoms with Crippen molar-refractivity contribution in [3.63, 3.8) is 0 Å². The predicted molar refractivity (Wildman–Crippen MR) is 76.1 cm³/mol. The number of fused-ring (bicyclic) bond motifs is 1. The van der Waals surface area contributed by atoms with Crippen LogP contribution < -0.4 is 4.90 Å². The van der Waals surface area contributed by atoms with Crippen LogP contribution in [0.3, 0.4) is 0 Å². The van der Waals surface area contributed by atoms with Crippen LogP contribution >= 0.6 is 24.0 Å². The van der Waals surface area contributed by atoms with Gasteiger partial charge < -0.3 is 4.90 Å². The number of hydrogen-bond donors (Lipinski definition) is 0. The number of nitro benzene ring substituents is 1. The minimum atomic E-state index is -0.469. The van der Waals surface area contributed by atoms with Crippen molar-refractivity contribution in [1.82, 2.24) is 4.90 Å². The van der Waals surface area contributed by atoms with Crippen LogP contribution in [0.5, 0.6) is 0 Å². The second-order valence-corrected chi connectivity index (χ2v) is 5.58. The van der Waals surface area contributed by atoms with E-state index in [9.17, 15) is 14.9 Å². The Labute approximate surface area is 118 Å². The zero-order valence-electron chi connectivity index (χ0n) is 9.68. The molecule has 0 aromatic heterocycles. The van der Waals surface area contributed by atoms with Crippen LogP contribution in [0.1, 0.15) is 0 Å². The van der Waals surface area contributed by atoms with Crippen molar-refractivity contribution in [3.8, 4) is 0 Å². The Bertz CT molecular complexity index is 553. The molecule has 2 fully saturated rings. The second kappa shape index (κ2) is 4.46. The Balaban J connectivity index is 1.92. The lowest BCUT2D eigenvalue weighted by Gasteiger charge is -2.18. The number of nitrogens with zero attached hydrogens (tertiary/aromatic N) is 3. The molecule has 1 aromatic carbocycles. The summed E-state index contributed by atoms with van der Waals surface area (Å²) in [4.78, 5) is 25.8. The van der Waals surface area contributed by atoms with Crippen LogP contribution in [0.25, 0.3) is 0 Å². The predicted octanol–water partition coefficient (Wildman–Crippen LogP) is 1.60. The number of benzene rings is 1. The third-order valence-electron chi connectivity index (χ3n) is 3.14. The zero-order valence-corrected chi connectivity index (χ0v) is 11.3. The molecule has 0 radical (unpaired) electrons. The largest absolute Gasteiger partial charge is 0.326 e. The van der Waals surface area contributed by atoms with Crippen LogP contribution in [0.4, 0.5) is 11.4 Å². The van der Waals surface area contributed by atoms with Gasteiger partial charge in [0.2, 0.25) is 0 Å². The Morgan fingerprint density at radius 2 is 2.05 bits per heavy atom. The van der Waals surface area contributed by atoms with E-state index in [1.54, 1.807) is 23.9 Å². The molecule has 6 nitrogen and oxygen atoms in total. The number of non-ortho nitro benzene ring substituents is 1. The van der Waals surface area contributed by atoms with Gasteiger partial charge in [-0.1, -0.05) is 0 Å². The summed E-state index contributed by atoms with van der Waals surface area (Å²) in [6.07, 6.45) is 0. The maximum atomic E-state index is 12.3. The molecule has 2 saturated heterocycles. The molecule has 98 valence electrons. The lowest BCUT2D eigenvalue weighted by atomic mass is 10.2. The Morgan fingerprint density at radius 3 is 2.63 bits per heavy atom. The summed E-state index contributed by atoms with van der Waals surface area (Å²) in [6, 6.07) is 5.68. The highest BCUT2D eigenvalue weighted by Gasteiger charge is 2.45. The number of amides is 1. The number of carbonyl (C=O) groups is 1. The van der Waals surface area contributed by atoms with Gasteiger partial charge in [0.15, 0.2) is 5.11 Å². The van der Waals surface area contributed by atoms with E-state index in [4.69, 9.17) is 12.2 Å². The molecule has 0 spiro atoms. The monoisotopic (exact) mass is 295 g/mol. The molecular weight excluding hydrogens is 286 g/mol. The Kier molecular flexibility index (Phi) is 2.90. The van der Waals surface area contributed by atoms with Crippen LogP contribution in [-0.4, -0.2) is 38.5 Å². The standard InChI is InChI=1S/C11H9N3O3S2/c15-10-9-5-19-6-12(9)11(18)13(10)7-1-3-8(4-2-7)14(16)17/h1-4,9H,5-6H2. The molecule has 0 saturated carbocycles. The van der Waals surface area contributed by atoms with Gasteiger partial charge in [0.1, 0.15) is 6.04 Å². The normalized spacial score (nSPS) is 22.0. The van der Waals surface area contributed by atoms with E-state index in [0.29, 0.717) is 10.8 Å². The van der Waals surface area contributed by atoms with Crippen molar-refractivity contribution >= 4 is 46.4 Å². The topological polar surface area (TPSA) is 66.7 Å². The summed E-state index contributed by atoms with van der Waals surface area (Å²) in [6.45, 7) is 0. The minimum Gasteiger partial charge on any atom is -0.326 e. The third kappa shape index (κ3) is 1.87. The molecule has 8 heteroatoms. The molecular formula is C11H9N3O3S2. The van der Waals surface area contributed by atoms with Gasteiger partial charge in [-0.2, -0.15) is 0 Å². The molecule has 2 aliphatic rings. The van der Waals surface area contributed by atoms with E-state index >= 15 is 0 Å². The van der Waals surface area contributed by atoms with E-state index in [1.165, 1.54) is 17.0 Å². The molecule has 2 heterocycles. The number of thioether (sulfide) groups is 1. The van der Waals surface area contributed by atoms with Gasteiger partial charge in [0.25, 0.3) is 11.6 Å². The average Bonchev–Trinajstić information content (AvgIpc) is 2.95. The molecule has 1 aromatic rings. The van der Waals surface area contributed by atoms with Crippen LogP contribution in [0.2, 0.25) is 0 Å². The summed E-state index contributed by atoms with van der Waals surface area (Å²) >= 11 is 6.98. The summed E-state index contributed by atoms with van der Waals surface area (Å²) in [5, 5.41) is 11.1. The maximum Gasteiger partial charge on any atom is 0.269 e. The fourth-order valence-electron chi connectivity index (χ4n) is 2.17. The molecule has 3 rings (SSSR count). The number of rotatable bonds is 2. The summed E-state index contributed by atoms with van der Waals surface area (Å²) in [5.74, 6) is 1.41. The lowest BCUT2D eigenvalue weighted by Crippen LogP contribution is -2.32. The molecule has 1 amide bonds. The first-order chi connectivity index (χ1) is 9.09. The van der Waals surface area contributed by atoms with Gasteiger partial charge >= 0.3 is 0 Å².